The van der Waals surface area contributed by atoms with E-state index in [0.29, 0.717) is 24.5 Å². The molecule has 7 nitrogen and oxygen atoms in total. The first-order valence-corrected chi connectivity index (χ1v) is 12.8. The summed E-state index contributed by atoms with van der Waals surface area (Å²) in [7, 11) is 0. The Morgan fingerprint density at radius 2 is 1.71 bits per heavy atom. The fourth-order valence-electron chi connectivity index (χ4n) is 4.97. The lowest BCUT2D eigenvalue weighted by Gasteiger charge is -2.33. The number of piperidine rings is 1. The largest absolute Gasteiger partial charge is 0.489 e. The minimum atomic E-state index is -4.33. The van der Waals surface area contributed by atoms with E-state index in [-0.39, 0.29) is 18.1 Å². The highest BCUT2D eigenvalue weighted by Crippen LogP contribution is 2.31. The number of rotatable bonds is 7. The molecule has 0 bridgehead atoms. The summed E-state index contributed by atoms with van der Waals surface area (Å²) in [5.74, 6) is 0.399. The van der Waals surface area contributed by atoms with Crippen LogP contribution in [0, 0.1) is 0 Å². The molecule has 200 valence electrons. The lowest BCUT2D eigenvalue weighted by atomic mass is 10.1. The molecular formula is C28H30F3N5O2. The van der Waals surface area contributed by atoms with Crippen molar-refractivity contribution in [2.75, 3.05) is 31.1 Å². The molecule has 3 aromatic rings. The number of aromatic nitrogens is 2. The van der Waals surface area contributed by atoms with Crippen LogP contribution in [0.25, 0.3) is 0 Å². The summed E-state index contributed by atoms with van der Waals surface area (Å²) in [4.78, 5) is 25.4. The van der Waals surface area contributed by atoms with Crippen LogP contribution in [0.1, 0.15) is 40.9 Å². The van der Waals surface area contributed by atoms with Gasteiger partial charge in [-0.15, -0.1) is 0 Å². The standard InChI is InChI=1S/C28H30F3N5O2/c29-28(30,31)21-1-3-23(4-2-21)36-15-10-24(11-16-36)38-25-5-6-26(33-17-25)27(37)34-22-9-14-35(19-22)18-20-7-12-32-13-8-20/h1-8,12-13,17,22,24H,9-11,14-16,18-19H2,(H,34,37)/t22-/m1/s1. The second kappa shape index (κ2) is 11.4. The van der Waals surface area contributed by atoms with E-state index in [2.05, 4.69) is 25.1 Å². The van der Waals surface area contributed by atoms with Gasteiger partial charge in [0, 0.05) is 69.7 Å². The number of benzene rings is 1. The van der Waals surface area contributed by atoms with Crippen LogP contribution < -0.4 is 15.0 Å². The average Bonchev–Trinajstić information content (AvgIpc) is 3.36. The van der Waals surface area contributed by atoms with Crippen LogP contribution >= 0.6 is 0 Å². The van der Waals surface area contributed by atoms with Crippen molar-refractivity contribution in [1.82, 2.24) is 20.2 Å². The van der Waals surface area contributed by atoms with Gasteiger partial charge in [-0.3, -0.25) is 14.7 Å². The van der Waals surface area contributed by atoms with E-state index in [1.54, 1.807) is 30.7 Å². The predicted octanol–water partition coefficient (Wildman–Crippen LogP) is 4.55. The van der Waals surface area contributed by atoms with Crippen LogP contribution in [0.3, 0.4) is 0 Å². The fraction of sp³-hybridized carbons (Fsp3) is 0.393. The number of anilines is 1. The van der Waals surface area contributed by atoms with Crippen molar-refractivity contribution < 1.29 is 22.7 Å². The van der Waals surface area contributed by atoms with Gasteiger partial charge in [-0.05, 0) is 60.5 Å². The Kier molecular flexibility index (Phi) is 7.78. The zero-order valence-corrected chi connectivity index (χ0v) is 20.9. The third-order valence-corrected chi connectivity index (χ3v) is 7.04. The summed E-state index contributed by atoms with van der Waals surface area (Å²) in [5, 5.41) is 3.08. The van der Waals surface area contributed by atoms with E-state index in [0.717, 1.165) is 56.7 Å². The molecule has 2 fully saturated rings. The van der Waals surface area contributed by atoms with E-state index < -0.39 is 11.7 Å². The Bertz CT molecular complexity index is 1200. The fourth-order valence-corrected chi connectivity index (χ4v) is 4.97. The van der Waals surface area contributed by atoms with Gasteiger partial charge in [0.05, 0.1) is 11.8 Å². The summed E-state index contributed by atoms with van der Waals surface area (Å²) < 4.78 is 44.5. The summed E-state index contributed by atoms with van der Waals surface area (Å²) in [5.41, 5.74) is 1.68. The molecule has 1 N–H and O–H groups in total. The first kappa shape index (κ1) is 26.0. The molecule has 2 saturated heterocycles. The maximum absolute atomic E-state index is 12.8. The number of likely N-dealkylation sites (tertiary alicyclic amines) is 1. The summed E-state index contributed by atoms with van der Waals surface area (Å²) >= 11 is 0. The molecule has 10 heteroatoms. The summed E-state index contributed by atoms with van der Waals surface area (Å²) in [6.07, 6.45) is 3.16. The molecule has 0 saturated carbocycles. The number of amides is 1. The van der Waals surface area contributed by atoms with Crippen LogP contribution in [0.2, 0.25) is 0 Å². The van der Waals surface area contributed by atoms with Crippen LogP contribution in [-0.2, 0) is 12.7 Å². The predicted molar refractivity (Wildman–Crippen MR) is 137 cm³/mol. The van der Waals surface area contributed by atoms with Gasteiger partial charge in [0.25, 0.3) is 5.91 Å². The normalized spacial score (nSPS) is 18.9. The third kappa shape index (κ3) is 6.61. The Balaban J connectivity index is 1.06. The molecule has 1 aromatic carbocycles. The number of carbonyl (C=O) groups is 1. The molecule has 2 aromatic heterocycles. The van der Waals surface area contributed by atoms with Crippen molar-refractivity contribution >= 4 is 11.6 Å². The highest BCUT2D eigenvalue weighted by molar-refractivity contribution is 5.92. The molecule has 38 heavy (non-hydrogen) atoms. The van der Waals surface area contributed by atoms with Crippen molar-refractivity contribution in [2.24, 2.45) is 0 Å². The van der Waals surface area contributed by atoms with Crippen LogP contribution in [-0.4, -0.2) is 59.1 Å². The number of carbonyl (C=O) groups excluding carboxylic acids is 1. The van der Waals surface area contributed by atoms with Crippen LogP contribution in [0.4, 0.5) is 18.9 Å². The van der Waals surface area contributed by atoms with Gasteiger partial charge in [0.1, 0.15) is 17.5 Å². The lowest BCUT2D eigenvalue weighted by Crippen LogP contribution is -2.38. The smallest absolute Gasteiger partial charge is 0.416 e. The molecule has 4 heterocycles. The first-order chi connectivity index (χ1) is 18.3. The van der Waals surface area contributed by atoms with E-state index in [9.17, 15) is 18.0 Å². The van der Waals surface area contributed by atoms with E-state index in [1.165, 1.54) is 17.7 Å². The number of hydrogen-bond acceptors (Lipinski definition) is 6. The maximum Gasteiger partial charge on any atom is 0.416 e. The summed E-state index contributed by atoms with van der Waals surface area (Å²) in [6, 6.07) is 12.8. The first-order valence-electron chi connectivity index (χ1n) is 12.8. The minimum absolute atomic E-state index is 0.0213. The molecule has 2 aliphatic heterocycles. The molecule has 1 amide bonds. The van der Waals surface area contributed by atoms with Gasteiger partial charge in [0.15, 0.2) is 0 Å². The van der Waals surface area contributed by atoms with Gasteiger partial charge in [0.2, 0.25) is 0 Å². The number of pyridine rings is 2. The molecule has 0 radical (unpaired) electrons. The Labute approximate surface area is 219 Å². The Morgan fingerprint density at radius 3 is 2.37 bits per heavy atom. The average molecular weight is 526 g/mol. The number of halogens is 3. The summed E-state index contributed by atoms with van der Waals surface area (Å²) in [6.45, 7) is 3.92. The molecular weight excluding hydrogens is 495 g/mol. The van der Waals surface area contributed by atoms with Crippen molar-refractivity contribution in [3.05, 3.63) is 83.9 Å². The van der Waals surface area contributed by atoms with Crippen molar-refractivity contribution in [2.45, 2.75) is 44.1 Å². The Morgan fingerprint density at radius 1 is 0.974 bits per heavy atom. The zero-order valence-electron chi connectivity index (χ0n) is 20.9. The zero-order chi connectivity index (χ0) is 26.5. The lowest BCUT2D eigenvalue weighted by molar-refractivity contribution is -0.137. The number of nitrogens with one attached hydrogen (secondary N) is 1. The molecule has 5 rings (SSSR count). The molecule has 2 aliphatic rings. The number of hydrogen-bond donors (Lipinski definition) is 1. The minimum Gasteiger partial charge on any atom is -0.489 e. The SMILES string of the molecule is O=C(N[C@@H]1CCN(Cc2ccncc2)C1)c1ccc(OC2CCN(c3ccc(C(F)(F)F)cc3)CC2)cn1. The quantitative estimate of drug-likeness (QED) is 0.488. The van der Waals surface area contributed by atoms with Gasteiger partial charge in [-0.25, -0.2) is 4.98 Å². The van der Waals surface area contributed by atoms with Crippen molar-refractivity contribution in [3.8, 4) is 5.75 Å². The van der Waals surface area contributed by atoms with Crippen LogP contribution in [0.15, 0.2) is 67.1 Å². The number of alkyl halides is 3. The molecule has 0 unspecified atom stereocenters. The molecule has 1 atom stereocenters. The highest BCUT2D eigenvalue weighted by atomic mass is 19.4. The van der Waals surface area contributed by atoms with Crippen LogP contribution in [0.5, 0.6) is 5.75 Å². The monoisotopic (exact) mass is 525 g/mol. The van der Waals surface area contributed by atoms with Gasteiger partial charge >= 0.3 is 6.18 Å². The molecule has 0 spiro atoms. The highest BCUT2D eigenvalue weighted by Gasteiger charge is 2.30. The number of nitrogens with zero attached hydrogens (tertiary/aromatic N) is 4. The third-order valence-electron chi connectivity index (χ3n) is 7.04. The van der Waals surface area contributed by atoms with Gasteiger partial charge in [-0.1, -0.05) is 0 Å². The topological polar surface area (TPSA) is 70.6 Å². The van der Waals surface area contributed by atoms with Gasteiger partial charge in [-0.2, -0.15) is 13.2 Å². The van der Waals surface area contributed by atoms with Crippen molar-refractivity contribution in [3.63, 3.8) is 0 Å². The van der Waals surface area contributed by atoms with E-state index in [1.807, 2.05) is 12.1 Å². The van der Waals surface area contributed by atoms with E-state index in [4.69, 9.17) is 4.74 Å². The second-order valence-electron chi connectivity index (χ2n) is 9.78. The maximum atomic E-state index is 12.8. The van der Waals surface area contributed by atoms with E-state index >= 15 is 0 Å². The molecule has 0 aliphatic carbocycles. The Hall–Kier alpha value is -3.66. The number of ether oxygens (including phenoxy) is 1. The second-order valence-corrected chi connectivity index (χ2v) is 9.78. The van der Waals surface area contributed by atoms with Crippen molar-refractivity contribution in [1.29, 1.82) is 0 Å². The van der Waals surface area contributed by atoms with Gasteiger partial charge < -0.3 is 15.0 Å².